The standard InChI is InChI=1S/C10H10BrF2N3O.ClH/c11-9-6(13)1-2-8(15-9)16-10(17)7-3-5(12)4-14-7;/h1-2,5,7,14H,3-4H2,(H,15,16,17);1H. The van der Waals surface area contributed by atoms with Crippen LogP contribution in [0.3, 0.4) is 0 Å². The zero-order chi connectivity index (χ0) is 12.4. The summed E-state index contributed by atoms with van der Waals surface area (Å²) < 4.78 is 25.8. The average Bonchev–Trinajstić information content (AvgIpc) is 2.70. The fraction of sp³-hybridized carbons (Fsp3) is 0.400. The summed E-state index contributed by atoms with van der Waals surface area (Å²) in [5.74, 6) is -0.644. The van der Waals surface area contributed by atoms with Crippen molar-refractivity contribution in [1.82, 2.24) is 10.3 Å². The average molecular weight is 343 g/mol. The molecule has 2 rings (SSSR count). The molecule has 1 amide bonds. The first-order chi connectivity index (χ1) is 8.06. The number of halogens is 4. The van der Waals surface area contributed by atoms with Crippen molar-refractivity contribution >= 4 is 40.1 Å². The summed E-state index contributed by atoms with van der Waals surface area (Å²) in [6.07, 6.45) is -0.854. The molecule has 1 aliphatic heterocycles. The van der Waals surface area contributed by atoms with Crippen molar-refractivity contribution in [2.75, 3.05) is 11.9 Å². The monoisotopic (exact) mass is 341 g/mol. The zero-order valence-electron chi connectivity index (χ0n) is 9.12. The van der Waals surface area contributed by atoms with Gasteiger partial charge in [0.1, 0.15) is 16.6 Å². The third-order valence-electron chi connectivity index (χ3n) is 2.45. The van der Waals surface area contributed by atoms with E-state index in [1.165, 1.54) is 12.1 Å². The Morgan fingerprint density at radius 3 is 2.83 bits per heavy atom. The van der Waals surface area contributed by atoms with Crippen molar-refractivity contribution in [2.45, 2.75) is 18.6 Å². The van der Waals surface area contributed by atoms with E-state index in [2.05, 4.69) is 31.5 Å². The molecule has 1 aliphatic rings. The van der Waals surface area contributed by atoms with Gasteiger partial charge in [-0.3, -0.25) is 4.79 Å². The quantitative estimate of drug-likeness (QED) is 0.809. The van der Waals surface area contributed by atoms with Crippen LogP contribution >= 0.6 is 28.3 Å². The Balaban J connectivity index is 0.00000162. The van der Waals surface area contributed by atoms with Crippen molar-refractivity contribution in [2.24, 2.45) is 0 Å². The molecule has 1 aromatic heterocycles. The topological polar surface area (TPSA) is 54.0 Å². The number of carbonyl (C=O) groups excluding carboxylic acids is 1. The highest BCUT2D eigenvalue weighted by Gasteiger charge is 2.29. The molecule has 2 N–H and O–H groups in total. The third-order valence-corrected chi connectivity index (χ3v) is 3.00. The van der Waals surface area contributed by atoms with Gasteiger partial charge in [-0.1, -0.05) is 0 Å². The molecule has 0 saturated carbocycles. The van der Waals surface area contributed by atoms with Crippen LogP contribution in [0.1, 0.15) is 6.42 Å². The highest BCUT2D eigenvalue weighted by molar-refractivity contribution is 9.10. The first-order valence-corrected chi connectivity index (χ1v) is 5.86. The molecule has 2 unspecified atom stereocenters. The fourth-order valence-electron chi connectivity index (χ4n) is 1.59. The largest absolute Gasteiger partial charge is 0.309 e. The Hall–Kier alpha value is -0.790. The summed E-state index contributed by atoms with van der Waals surface area (Å²) in [4.78, 5) is 15.5. The number of hydrogen-bond donors (Lipinski definition) is 2. The number of hydrogen-bond acceptors (Lipinski definition) is 3. The number of aromatic nitrogens is 1. The maximum Gasteiger partial charge on any atom is 0.242 e. The van der Waals surface area contributed by atoms with E-state index in [1.807, 2.05) is 0 Å². The van der Waals surface area contributed by atoms with Crippen molar-refractivity contribution in [3.8, 4) is 0 Å². The number of nitrogens with one attached hydrogen (secondary N) is 2. The van der Waals surface area contributed by atoms with E-state index in [1.54, 1.807) is 0 Å². The van der Waals surface area contributed by atoms with E-state index in [-0.39, 0.29) is 41.7 Å². The minimum atomic E-state index is -1.00. The van der Waals surface area contributed by atoms with Crippen LogP contribution in [0, 0.1) is 5.82 Å². The van der Waals surface area contributed by atoms with Gasteiger partial charge in [-0.25, -0.2) is 13.8 Å². The second-order valence-corrected chi connectivity index (χ2v) is 4.50. The Morgan fingerprint density at radius 1 is 1.56 bits per heavy atom. The van der Waals surface area contributed by atoms with Crippen molar-refractivity contribution in [1.29, 1.82) is 0 Å². The number of pyridine rings is 1. The molecule has 2 atom stereocenters. The molecule has 0 radical (unpaired) electrons. The minimum Gasteiger partial charge on any atom is -0.309 e. The van der Waals surface area contributed by atoms with E-state index in [0.29, 0.717) is 0 Å². The highest BCUT2D eigenvalue weighted by Crippen LogP contribution is 2.16. The maximum absolute atomic E-state index is 12.9. The van der Waals surface area contributed by atoms with Crippen LogP contribution in [0.2, 0.25) is 0 Å². The molecule has 2 heterocycles. The molecule has 1 fully saturated rings. The normalized spacial score (nSPS) is 22.4. The smallest absolute Gasteiger partial charge is 0.242 e. The number of amides is 1. The van der Waals surface area contributed by atoms with Gasteiger partial charge in [-0.15, -0.1) is 12.4 Å². The molecule has 1 aromatic rings. The van der Waals surface area contributed by atoms with Gasteiger partial charge in [-0.2, -0.15) is 0 Å². The van der Waals surface area contributed by atoms with Gasteiger partial charge in [0.25, 0.3) is 0 Å². The van der Waals surface area contributed by atoms with Crippen molar-refractivity contribution in [3.63, 3.8) is 0 Å². The van der Waals surface area contributed by atoms with E-state index < -0.39 is 18.0 Å². The number of rotatable bonds is 2. The Kier molecular flexibility index (Phi) is 5.43. The van der Waals surface area contributed by atoms with Crippen LogP contribution in [0.5, 0.6) is 0 Å². The number of nitrogens with zero attached hydrogens (tertiary/aromatic N) is 1. The highest BCUT2D eigenvalue weighted by atomic mass is 79.9. The fourth-order valence-corrected chi connectivity index (χ4v) is 1.92. The van der Waals surface area contributed by atoms with Crippen molar-refractivity contribution in [3.05, 3.63) is 22.6 Å². The van der Waals surface area contributed by atoms with E-state index >= 15 is 0 Å². The van der Waals surface area contributed by atoms with Crippen LogP contribution in [0.15, 0.2) is 16.7 Å². The summed E-state index contributed by atoms with van der Waals surface area (Å²) in [7, 11) is 0. The molecular weight excluding hydrogens is 331 g/mol. The maximum atomic E-state index is 12.9. The second-order valence-electron chi connectivity index (χ2n) is 3.75. The van der Waals surface area contributed by atoms with Crippen LogP contribution in [0.25, 0.3) is 0 Å². The number of alkyl halides is 1. The lowest BCUT2D eigenvalue weighted by molar-refractivity contribution is -0.117. The first-order valence-electron chi connectivity index (χ1n) is 5.06. The lowest BCUT2D eigenvalue weighted by Gasteiger charge is -2.10. The van der Waals surface area contributed by atoms with Gasteiger partial charge in [0.15, 0.2) is 5.82 Å². The summed E-state index contributed by atoms with van der Waals surface area (Å²) in [6.45, 7) is 0.179. The molecule has 1 saturated heterocycles. The summed E-state index contributed by atoms with van der Waals surface area (Å²) in [5, 5.41) is 5.25. The molecule has 100 valence electrons. The van der Waals surface area contributed by atoms with Gasteiger partial charge in [0, 0.05) is 13.0 Å². The third kappa shape index (κ3) is 3.60. The lowest BCUT2D eigenvalue weighted by Crippen LogP contribution is -2.35. The van der Waals surface area contributed by atoms with E-state index in [0.717, 1.165) is 0 Å². The van der Waals surface area contributed by atoms with Crippen LogP contribution in [-0.2, 0) is 4.79 Å². The summed E-state index contributed by atoms with van der Waals surface area (Å²) >= 11 is 2.92. The predicted molar refractivity (Wildman–Crippen MR) is 69.1 cm³/mol. The van der Waals surface area contributed by atoms with Crippen molar-refractivity contribution < 1.29 is 13.6 Å². The van der Waals surface area contributed by atoms with Gasteiger partial charge < -0.3 is 10.6 Å². The van der Waals surface area contributed by atoms with E-state index in [9.17, 15) is 13.6 Å². The molecule has 0 spiro atoms. The summed E-state index contributed by atoms with van der Waals surface area (Å²) in [6, 6.07) is 1.97. The minimum absolute atomic E-state index is 0. The molecule has 0 bridgehead atoms. The Morgan fingerprint density at radius 2 is 2.28 bits per heavy atom. The van der Waals surface area contributed by atoms with Gasteiger partial charge >= 0.3 is 0 Å². The number of carbonyl (C=O) groups is 1. The first kappa shape index (κ1) is 15.3. The van der Waals surface area contributed by atoms with Gasteiger partial charge in [0.05, 0.1) is 6.04 Å². The van der Waals surface area contributed by atoms with Gasteiger partial charge in [0.2, 0.25) is 5.91 Å². The Bertz CT molecular complexity index is 449. The van der Waals surface area contributed by atoms with Crippen LogP contribution in [0.4, 0.5) is 14.6 Å². The Labute approximate surface area is 117 Å². The SMILES string of the molecule is Cl.O=C(Nc1ccc(F)c(Br)n1)C1CC(F)CN1. The molecule has 4 nitrogen and oxygen atoms in total. The van der Waals surface area contributed by atoms with Crippen LogP contribution < -0.4 is 10.6 Å². The molecule has 8 heteroatoms. The zero-order valence-corrected chi connectivity index (χ0v) is 11.5. The molecule has 0 aromatic carbocycles. The lowest BCUT2D eigenvalue weighted by atomic mass is 10.2. The van der Waals surface area contributed by atoms with Crippen LogP contribution in [-0.4, -0.2) is 29.6 Å². The molecule has 0 aliphatic carbocycles. The second kappa shape index (κ2) is 6.40. The van der Waals surface area contributed by atoms with E-state index in [4.69, 9.17) is 0 Å². The number of anilines is 1. The molecular formula is C10H11BrClF2N3O. The summed E-state index contributed by atoms with van der Waals surface area (Å²) in [5.41, 5.74) is 0. The molecule has 18 heavy (non-hydrogen) atoms. The van der Waals surface area contributed by atoms with Gasteiger partial charge in [-0.05, 0) is 28.1 Å². The predicted octanol–water partition coefficient (Wildman–Crippen LogP) is 2.04.